The molecule has 2 rings (SSSR count). The van der Waals surface area contributed by atoms with Crippen LogP contribution in [-0.4, -0.2) is 65.1 Å². The van der Waals surface area contributed by atoms with Crippen molar-refractivity contribution in [3.63, 3.8) is 0 Å². The van der Waals surface area contributed by atoms with Gasteiger partial charge in [-0.15, -0.1) is 0 Å². The van der Waals surface area contributed by atoms with Crippen molar-refractivity contribution in [1.82, 2.24) is 12.9 Å². The lowest BCUT2D eigenvalue weighted by molar-refractivity contribution is -0.138. The molecule has 0 unspecified atom stereocenters. The second kappa shape index (κ2) is 6.52. The van der Waals surface area contributed by atoms with Gasteiger partial charge in [-0.2, -0.15) is 0 Å². The van der Waals surface area contributed by atoms with Crippen LogP contribution in [0, 0.1) is 5.92 Å². The molecule has 0 bridgehead atoms. The fourth-order valence-corrected chi connectivity index (χ4v) is 3.51. The number of hydrogen-bond acceptors (Lipinski definition) is 3. The Morgan fingerprint density at radius 2 is 1.61 bits per heavy atom. The van der Waals surface area contributed by atoms with Crippen molar-refractivity contribution in [3.05, 3.63) is 0 Å². The first kappa shape index (κ1) is 14.5. The molecule has 18 heavy (non-hydrogen) atoms. The topological polar surface area (TPSA) is 26.8 Å². The number of piperidine rings is 2. The second-order valence-electron chi connectivity index (χ2n) is 5.70. The van der Waals surface area contributed by atoms with Gasteiger partial charge in [0.15, 0.2) is 0 Å². The van der Waals surface area contributed by atoms with Gasteiger partial charge in [-0.25, -0.2) is 3.11 Å². The predicted octanol–water partition coefficient (Wildman–Crippen LogP) is 1.60. The average molecular weight is 365 g/mol. The smallest absolute Gasteiger partial charge is 0.225 e. The van der Waals surface area contributed by atoms with Crippen molar-refractivity contribution in [1.29, 1.82) is 0 Å². The van der Waals surface area contributed by atoms with Gasteiger partial charge >= 0.3 is 0 Å². The summed E-state index contributed by atoms with van der Waals surface area (Å²) < 4.78 is 2.29. The minimum atomic E-state index is 0.284. The molecule has 2 fully saturated rings. The first-order chi connectivity index (χ1) is 8.58. The Balaban J connectivity index is 1.80. The highest BCUT2D eigenvalue weighted by Gasteiger charge is 2.30. The highest BCUT2D eigenvalue weighted by Crippen LogP contribution is 2.24. The zero-order chi connectivity index (χ0) is 13.1. The van der Waals surface area contributed by atoms with E-state index < -0.39 is 0 Å². The number of nitrogens with zero attached hydrogens (tertiary/aromatic N) is 3. The van der Waals surface area contributed by atoms with Gasteiger partial charge in [-0.1, -0.05) is 0 Å². The molecule has 0 aromatic rings. The zero-order valence-electron chi connectivity index (χ0n) is 11.4. The first-order valence-corrected chi connectivity index (χ1v) is 7.90. The molecule has 0 aromatic carbocycles. The molecule has 5 heteroatoms. The van der Waals surface area contributed by atoms with Crippen molar-refractivity contribution in [3.8, 4) is 0 Å². The van der Waals surface area contributed by atoms with Crippen molar-refractivity contribution < 1.29 is 4.79 Å². The van der Waals surface area contributed by atoms with Gasteiger partial charge in [0.1, 0.15) is 0 Å². The third-order valence-corrected chi connectivity index (χ3v) is 5.26. The van der Waals surface area contributed by atoms with Gasteiger partial charge in [0.25, 0.3) is 0 Å². The van der Waals surface area contributed by atoms with Crippen molar-refractivity contribution in [2.45, 2.75) is 31.7 Å². The fraction of sp³-hybridized carbons (Fsp3) is 0.923. The maximum absolute atomic E-state index is 12.4. The summed E-state index contributed by atoms with van der Waals surface area (Å²) in [6.45, 7) is 4.02. The number of hydrogen-bond donors (Lipinski definition) is 0. The molecule has 0 aromatic heterocycles. The van der Waals surface area contributed by atoms with Crippen LogP contribution in [0.2, 0.25) is 0 Å². The lowest BCUT2D eigenvalue weighted by Crippen LogP contribution is -2.47. The Hall–Kier alpha value is 0.120. The highest BCUT2D eigenvalue weighted by molar-refractivity contribution is 14.1. The Morgan fingerprint density at radius 3 is 2.11 bits per heavy atom. The molecule has 0 N–H and O–H groups in total. The molecule has 2 aliphatic rings. The van der Waals surface area contributed by atoms with Gasteiger partial charge in [-0.05, 0) is 39.8 Å². The van der Waals surface area contributed by atoms with E-state index in [9.17, 15) is 4.79 Å². The van der Waals surface area contributed by atoms with E-state index >= 15 is 0 Å². The predicted molar refractivity (Wildman–Crippen MR) is 81.6 cm³/mol. The van der Waals surface area contributed by atoms with E-state index in [0.717, 1.165) is 51.9 Å². The molecule has 2 heterocycles. The summed E-state index contributed by atoms with van der Waals surface area (Å²) in [6.07, 6.45) is 4.33. The van der Waals surface area contributed by atoms with Gasteiger partial charge in [-0.3, -0.25) is 4.79 Å². The summed E-state index contributed by atoms with van der Waals surface area (Å²) >= 11 is 2.36. The number of carbonyl (C=O) groups excluding carboxylic acids is 1. The molecule has 2 aliphatic heterocycles. The van der Waals surface area contributed by atoms with Crippen LogP contribution in [0.15, 0.2) is 0 Å². The summed E-state index contributed by atoms with van der Waals surface area (Å²) in [5.41, 5.74) is 0. The highest BCUT2D eigenvalue weighted by atomic mass is 127. The molecular weight excluding hydrogens is 341 g/mol. The van der Waals surface area contributed by atoms with E-state index in [1.165, 1.54) is 0 Å². The van der Waals surface area contributed by atoms with Gasteiger partial charge in [0.05, 0.1) is 0 Å². The number of halogens is 1. The van der Waals surface area contributed by atoms with Gasteiger partial charge in [0.2, 0.25) is 5.91 Å². The maximum Gasteiger partial charge on any atom is 0.225 e. The third kappa shape index (κ3) is 3.57. The van der Waals surface area contributed by atoms with E-state index in [0.29, 0.717) is 11.9 Å². The molecule has 2 saturated heterocycles. The summed E-state index contributed by atoms with van der Waals surface area (Å²) in [6, 6.07) is 0.658. The van der Waals surface area contributed by atoms with Crippen LogP contribution in [0.4, 0.5) is 0 Å². The molecular formula is C13H24IN3O. The Morgan fingerprint density at radius 1 is 1.06 bits per heavy atom. The molecule has 0 radical (unpaired) electrons. The lowest BCUT2D eigenvalue weighted by Gasteiger charge is -2.38. The summed E-state index contributed by atoms with van der Waals surface area (Å²) in [5, 5.41) is 0. The van der Waals surface area contributed by atoms with Crippen LogP contribution in [0.1, 0.15) is 25.7 Å². The SMILES string of the molecule is CN(C)C1CCN(C(=O)C2CCN(I)CC2)CC1. The van der Waals surface area contributed by atoms with E-state index in [4.69, 9.17) is 0 Å². The summed E-state index contributed by atoms with van der Waals surface area (Å²) in [7, 11) is 4.27. The standard InChI is InChI=1S/C13H24IN3O/c1-15(2)12-5-7-16(8-6-12)13(18)11-3-9-17(14)10-4-11/h11-12H,3-10H2,1-2H3. The molecule has 0 saturated carbocycles. The number of amides is 1. The lowest BCUT2D eigenvalue weighted by atomic mass is 9.94. The Labute approximate surface area is 124 Å². The van der Waals surface area contributed by atoms with Crippen LogP contribution in [0.25, 0.3) is 0 Å². The fourth-order valence-electron chi connectivity index (χ4n) is 2.96. The van der Waals surface area contributed by atoms with Crippen LogP contribution in [0.5, 0.6) is 0 Å². The van der Waals surface area contributed by atoms with Crippen LogP contribution in [-0.2, 0) is 4.79 Å². The van der Waals surface area contributed by atoms with E-state index in [2.05, 4.69) is 49.9 Å². The molecule has 4 nitrogen and oxygen atoms in total. The van der Waals surface area contributed by atoms with Crippen LogP contribution >= 0.6 is 22.9 Å². The monoisotopic (exact) mass is 365 g/mol. The largest absolute Gasteiger partial charge is 0.342 e. The number of likely N-dealkylation sites (tertiary alicyclic amines) is 1. The van der Waals surface area contributed by atoms with Crippen LogP contribution in [0.3, 0.4) is 0 Å². The molecule has 0 atom stereocenters. The summed E-state index contributed by atoms with van der Waals surface area (Å²) in [4.78, 5) is 16.8. The Bertz CT molecular complexity index is 282. The van der Waals surface area contributed by atoms with Crippen LogP contribution < -0.4 is 0 Å². The second-order valence-corrected chi connectivity index (χ2v) is 7.07. The van der Waals surface area contributed by atoms with Crippen molar-refractivity contribution >= 4 is 28.8 Å². The molecule has 104 valence electrons. The maximum atomic E-state index is 12.4. The number of carbonyl (C=O) groups is 1. The molecule has 1 amide bonds. The molecule has 0 aliphatic carbocycles. The van der Waals surface area contributed by atoms with Crippen molar-refractivity contribution in [2.24, 2.45) is 5.92 Å². The molecule has 0 spiro atoms. The minimum Gasteiger partial charge on any atom is -0.342 e. The zero-order valence-corrected chi connectivity index (χ0v) is 13.6. The van der Waals surface area contributed by atoms with Gasteiger partial charge < -0.3 is 9.80 Å². The van der Waals surface area contributed by atoms with Crippen molar-refractivity contribution in [2.75, 3.05) is 40.3 Å². The van der Waals surface area contributed by atoms with E-state index in [1.54, 1.807) is 0 Å². The minimum absolute atomic E-state index is 0.284. The normalized spacial score (nSPS) is 24.8. The van der Waals surface area contributed by atoms with Gasteiger partial charge in [0, 0.05) is 61.0 Å². The third-order valence-electron chi connectivity index (χ3n) is 4.30. The average Bonchev–Trinajstić information content (AvgIpc) is 2.39. The van der Waals surface area contributed by atoms with E-state index in [-0.39, 0.29) is 5.92 Å². The number of rotatable bonds is 2. The summed E-state index contributed by atoms with van der Waals surface area (Å²) in [5.74, 6) is 0.698. The quantitative estimate of drug-likeness (QED) is 0.550. The Kier molecular flexibility index (Phi) is 5.26. The first-order valence-electron chi connectivity index (χ1n) is 6.94. The van der Waals surface area contributed by atoms with E-state index in [1.807, 2.05) is 0 Å².